The monoisotopic (exact) mass is 386 g/mol. The fourth-order valence-corrected chi connectivity index (χ4v) is 4.24. The van der Waals surface area contributed by atoms with E-state index in [0.29, 0.717) is 6.42 Å². The van der Waals surface area contributed by atoms with Crippen LogP contribution in [-0.4, -0.2) is 68.8 Å². The summed E-state index contributed by atoms with van der Waals surface area (Å²) in [4.78, 5) is 36.6. The van der Waals surface area contributed by atoms with Gasteiger partial charge >= 0.3 is 5.97 Å². The fraction of sp³-hybridized carbons (Fsp3) is 0.438. The molecule has 1 aromatic rings. The average Bonchev–Trinajstić information content (AvgIpc) is 2.96. The molecule has 1 N–H and O–H groups in total. The van der Waals surface area contributed by atoms with E-state index < -0.39 is 52.6 Å². The molecule has 142 valence electrons. The van der Waals surface area contributed by atoms with Gasteiger partial charge in [-0.2, -0.15) is 0 Å². The number of nitrogens with one attached hydrogen (secondary N) is 1. The minimum absolute atomic E-state index is 0.0290. The highest BCUT2D eigenvalue weighted by atomic mass is 32.2. The van der Waals surface area contributed by atoms with Gasteiger partial charge in [-0.05, 0) is 24.6 Å². The summed E-state index contributed by atoms with van der Waals surface area (Å²) in [6.45, 7) is -1.04. The minimum atomic E-state index is -3.13. The van der Waals surface area contributed by atoms with Gasteiger partial charge in [0.15, 0.2) is 16.4 Å². The SMILES string of the molecule is CN(C(=O)COC(=O)CNC(=O)c1cccc(F)c1)[C@H]1CCS(=O)(=O)C1. The molecule has 0 aliphatic carbocycles. The van der Waals surface area contributed by atoms with Crippen LogP contribution in [-0.2, 0) is 24.2 Å². The maximum absolute atomic E-state index is 13.0. The lowest BCUT2D eigenvalue weighted by Gasteiger charge is -2.23. The number of hydrogen-bond acceptors (Lipinski definition) is 6. The number of nitrogens with zero attached hydrogens (tertiary/aromatic N) is 1. The Morgan fingerprint density at radius 3 is 2.69 bits per heavy atom. The van der Waals surface area contributed by atoms with Crippen LogP contribution in [0, 0.1) is 5.82 Å². The summed E-state index contributed by atoms with van der Waals surface area (Å²) in [5, 5.41) is 2.26. The second-order valence-corrected chi connectivity index (χ2v) is 8.14. The van der Waals surface area contributed by atoms with Crippen LogP contribution in [0.5, 0.6) is 0 Å². The van der Waals surface area contributed by atoms with Gasteiger partial charge in [0.2, 0.25) is 0 Å². The minimum Gasteiger partial charge on any atom is -0.454 e. The molecule has 2 rings (SSSR count). The number of carbonyl (C=O) groups excluding carboxylic acids is 3. The van der Waals surface area contributed by atoms with E-state index in [2.05, 4.69) is 5.32 Å². The molecule has 0 saturated carbocycles. The Hall–Kier alpha value is -2.49. The smallest absolute Gasteiger partial charge is 0.325 e. The molecule has 1 aliphatic rings. The molecule has 8 nitrogen and oxygen atoms in total. The van der Waals surface area contributed by atoms with Crippen LogP contribution < -0.4 is 5.32 Å². The van der Waals surface area contributed by atoms with E-state index in [1.165, 1.54) is 30.1 Å². The molecule has 1 fully saturated rings. The second kappa shape index (κ2) is 8.26. The molecule has 2 amide bonds. The predicted molar refractivity (Wildman–Crippen MR) is 89.5 cm³/mol. The Kier molecular flexibility index (Phi) is 6.30. The molecule has 10 heteroatoms. The Balaban J connectivity index is 1.74. The number of rotatable bonds is 6. The van der Waals surface area contributed by atoms with Crippen LogP contribution >= 0.6 is 0 Å². The van der Waals surface area contributed by atoms with Crippen molar-refractivity contribution < 1.29 is 31.9 Å². The largest absolute Gasteiger partial charge is 0.454 e. The zero-order valence-electron chi connectivity index (χ0n) is 14.1. The Labute approximate surface area is 150 Å². The molecular formula is C16H19FN2O6S. The summed E-state index contributed by atoms with van der Waals surface area (Å²) in [6.07, 6.45) is 0.349. The Bertz CT molecular complexity index is 811. The summed E-state index contributed by atoms with van der Waals surface area (Å²) in [5.41, 5.74) is 0.0519. The van der Waals surface area contributed by atoms with Gasteiger partial charge in [-0.3, -0.25) is 14.4 Å². The number of carbonyl (C=O) groups is 3. The first-order valence-electron chi connectivity index (χ1n) is 7.83. The predicted octanol–water partition coefficient (Wildman–Crippen LogP) is -0.256. The van der Waals surface area contributed by atoms with Crippen molar-refractivity contribution in [2.45, 2.75) is 12.5 Å². The molecule has 0 spiro atoms. The summed E-state index contributed by atoms with van der Waals surface area (Å²) in [6, 6.07) is 4.52. The van der Waals surface area contributed by atoms with E-state index in [9.17, 15) is 27.2 Å². The number of halogens is 1. The van der Waals surface area contributed by atoms with Crippen LogP contribution in [0.25, 0.3) is 0 Å². The maximum Gasteiger partial charge on any atom is 0.325 e. The van der Waals surface area contributed by atoms with Crippen molar-refractivity contribution in [1.82, 2.24) is 10.2 Å². The third-order valence-electron chi connectivity index (χ3n) is 3.99. The van der Waals surface area contributed by atoms with Gasteiger partial charge in [0, 0.05) is 18.7 Å². The van der Waals surface area contributed by atoms with Crippen LogP contribution in [0.15, 0.2) is 24.3 Å². The first kappa shape index (κ1) is 19.8. The normalized spacial score (nSPS) is 18.2. The van der Waals surface area contributed by atoms with Gasteiger partial charge in [0.1, 0.15) is 12.4 Å². The molecule has 0 aromatic heterocycles. The van der Waals surface area contributed by atoms with Gasteiger partial charge in [0.25, 0.3) is 11.8 Å². The number of amides is 2. The summed E-state index contributed by atoms with van der Waals surface area (Å²) < 4.78 is 40.7. The second-order valence-electron chi connectivity index (χ2n) is 5.92. The molecular weight excluding hydrogens is 367 g/mol. The van der Waals surface area contributed by atoms with Crippen LogP contribution in [0.4, 0.5) is 4.39 Å². The molecule has 1 atom stereocenters. The maximum atomic E-state index is 13.0. The standard InChI is InChI=1S/C16H19FN2O6S/c1-19(13-5-6-26(23,24)10-13)14(20)9-25-15(21)8-18-16(22)11-3-2-4-12(17)7-11/h2-4,7,13H,5-6,8-10H2,1H3,(H,18,22)/t13-/m0/s1. The van der Waals surface area contributed by atoms with E-state index in [0.717, 1.165) is 6.07 Å². The van der Waals surface area contributed by atoms with Crippen molar-refractivity contribution in [1.29, 1.82) is 0 Å². The zero-order valence-corrected chi connectivity index (χ0v) is 14.9. The van der Waals surface area contributed by atoms with Gasteiger partial charge in [-0.15, -0.1) is 0 Å². The summed E-state index contributed by atoms with van der Waals surface area (Å²) >= 11 is 0. The van der Waals surface area contributed by atoms with Crippen molar-refractivity contribution in [3.8, 4) is 0 Å². The van der Waals surface area contributed by atoms with Gasteiger partial charge in [0.05, 0.1) is 11.5 Å². The Morgan fingerprint density at radius 2 is 2.08 bits per heavy atom. The lowest BCUT2D eigenvalue weighted by atomic mass is 10.2. The van der Waals surface area contributed by atoms with Crippen molar-refractivity contribution in [3.05, 3.63) is 35.6 Å². The topological polar surface area (TPSA) is 110 Å². The summed E-state index contributed by atoms with van der Waals surface area (Å²) in [7, 11) is -1.68. The number of hydrogen-bond donors (Lipinski definition) is 1. The number of esters is 1. The third kappa shape index (κ3) is 5.51. The van der Waals surface area contributed by atoms with Crippen molar-refractivity contribution in [3.63, 3.8) is 0 Å². The van der Waals surface area contributed by atoms with E-state index in [1.807, 2.05) is 0 Å². The highest BCUT2D eigenvalue weighted by molar-refractivity contribution is 7.91. The average molecular weight is 386 g/mol. The van der Waals surface area contributed by atoms with Gasteiger partial charge < -0.3 is 15.0 Å². The molecule has 1 heterocycles. The number of likely N-dealkylation sites (N-methyl/N-ethyl adjacent to an activating group) is 1. The van der Waals surface area contributed by atoms with Crippen LogP contribution in [0.3, 0.4) is 0 Å². The molecule has 0 radical (unpaired) electrons. The number of sulfone groups is 1. The van der Waals surface area contributed by atoms with E-state index >= 15 is 0 Å². The van der Waals surface area contributed by atoms with Crippen molar-refractivity contribution in [2.75, 3.05) is 31.7 Å². The first-order chi connectivity index (χ1) is 12.2. The van der Waals surface area contributed by atoms with E-state index in [1.54, 1.807) is 0 Å². The van der Waals surface area contributed by atoms with E-state index in [4.69, 9.17) is 4.74 Å². The molecule has 0 unspecified atom stereocenters. The van der Waals surface area contributed by atoms with Crippen molar-refractivity contribution in [2.24, 2.45) is 0 Å². The zero-order chi connectivity index (χ0) is 19.3. The van der Waals surface area contributed by atoms with Gasteiger partial charge in [-0.1, -0.05) is 6.07 Å². The Morgan fingerprint density at radius 1 is 1.35 bits per heavy atom. The quantitative estimate of drug-likeness (QED) is 0.675. The highest BCUT2D eigenvalue weighted by Crippen LogP contribution is 2.16. The first-order valence-corrected chi connectivity index (χ1v) is 9.65. The lowest BCUT2D eigenvalue weighted by Crippen LogP contribution is -2.41. The third-order valence-corrected chi connectivity index (χ3v) is 5.74. The van der Waals surface area contributed by atoms with Gasteiger partial charge in [-0.25, -0.2) is 12.8 Å². The summed E-state index contributed by atoms with van der Waals surface area (Å²) in [5.74, 6) is -2.68. The molecule has 0 bridgehead atoms. The molecule has 1 saturated heterocycles. The fourth-order valence-electron chi connectivity index (χ4n) is 2.46. The number of ether oxygens (including phenoxy) is 1. The van der Waals surface area contributed by atoms with E-state index in [-0.39, 0.29) is 17.1 Å². The van der Waals surface area contributed by atoms with Crippen LogP contribution in [0.1, 0.15) is 16.8 Å². The molecule has 1 aliphatic heterocycles. The highest BCUT2D eigenvalue weighted by Gasteiger charge is 2.32. The lowest BCUT2D eigenvalue weighted by molar-refractivity contribution is -0.151. The molecule has 1 aromatic carbocycles. The van der Waals surface area contributed by atoms with Crippen LogP contribution in [0.2, 0.25) is 0 Å². The number of benzene rings is 1. The molecule has 26 heavy (non-hydrogen) atoms. The van der Waals surface area contributed by atoms with Crippen molar-refractivity contribution >= 4 is 27.6 Å².